The third-order valence-corrected chi connectivity index (χ3v) is 5.09. The predicted molar refractivity (Wildman–Crippen MR) is 94.9 cm³/mol. The van der Waals surface area contributed by atoms with Crippen LogP contribution in [-0.4, -0.2) is 23.5 Å². The van der Waals surface area contributed by atoms with Crippen molar-refractivity contribution in [2.24, 2.45) is 0 Å². The van der Waals surface area contributed by atoms with E-state index in [0.29, 0.717) is 34.9 Å². The van der Waals surface area contributed by atoms with Crippen LogP contribution in [0.4, 0.5) is 0 Å². The number of ketones is 1. The molecule has 0 aromatic heterocycles. The van der Waals surface area contributed by atoms with E-state index < -0.39 is 0 Å². The van der Waals surface area contributed by atoms with Crippen LogP contribution < -0.4 is 9.47 Å². The maximum Gasteiger partial charge on any atom is 0.231 e. The van der Waals surface area contributed by atoms with Gasteiger partial charge in [0.15, 0.2) is 5.76 Å². The molecule has 0 N–H and O–H groups in total. The molecule has 1 saturated carbocycles. The number of carbonyl (C=O) groups is 1. The van der Waals surface area contributed by atoms with Crippen molar-refractivity contribution in [3.8, 4) is 11.5 Å². The number of ether oxygens (including phenoxy) is 2. The summed E-state index contributed by atoms with van der Waals surface area (Å²) < 4.78 is 11.8. The lowest BCUT2D eigenvalue weighted by atomic mass is 10.0. The molecule has 126 valence electrons. The van der Waals surface area contributed by atoms with Gasteiger partial charge in [0.2, 0.25) is 5.78 Å². The van der Waals surface area contributed by atoms with Crippen molar-refractivity contribution >= 4 is 23.5 Å². The van der Waals surface area contributed by atoms with E-state index in [0.717, 1.165) is 23.4 Å². The van der Waals surface area contributed by atoms with Crippen LogP contribution in [0.1, 0.15) is 34.3 Å². The molecule has 0 bridgehead atoms. The Balaban J connectivity index is 1.51. The van der Waals surface area contributed by atoms with Gasteiger partial charge in [0.1, 0.15) is 18.2 Å². The Hall–Kier alpha value is -2.30. The summed E-state index contributed by atoms with van der Waals surface area (Å²) in [7, 11) is 0. The molecule has 3 aliphatic rings. The highest BCUT2D eigenvalue weighted by atomic mass is 35.5. The first kappa shape index (κ1) is 15.0. The van der Waals surface area contributed by atoms with E-state index in [1.807, 2.05) is 24.3 Å². The van der Waals surface area contributed by atoms with Gasteiger partial charge in [0.25, 0.3) is 0 Å². The SMILES string of the molecule is O=C1/C(=C/c2cccc(Cl)c2)Oc2c1ccc1c2CN(C2CC2)CO1. The molecule has 5 rings (SSSR count). The molecule has 0 atom stereocenters. The van der Waals surface area contributed by atoms with Crippen molar-refractivity contribution in [3.63, 3.8) is 0 Å². The van der Waals surface area contributed by atoms with E-state index in [1.165, 1.54) is 12.8 Å². The maximum absolute atomic E-state index is 12.7. The molecular formula is C20H16ClNO3. The van der Waals surface area contributed by atoms with Crippen molar-refractivity contribution in [3.05, 3.63) is 63.9 Å². The lowest BCUT2D eigenvalue weighted by molar-refractivity contribution is 0.0868. The molecule has 2 aromatic rings. The minimum Gasteiger partial charge on any atom is -0.478 e. The molecular weight excluding hydrogens is 338 g/mol. The van der Waals surface area contributed by atoms with Gasteiger partial charge in [-0.3, -0.25) is 9.69 Å². The number of Topliss-reactive ketones (excluding diaryl/α,β-unsaturated/α-hetero) is 1. The summed E-state index contributed by atoms with van der Waals surface area (Å²) in [5.74, 6) is 1.68. The van der Waals surface area contributed by atoms with E-state index in [2.05, 4.69) is 4.90 Å². The summed E-state index contributed by atoms with van der Waals surface area (Å²) in [4.78, 5) is 15.0. The highest BCUT2D eigenvalue weighted by molar-refractivity contribution is 6.30. The number of allylic oxidation sites excluding steroid dienone is 1. The molecule has 1 fully saturated rings. The average molecular weight is 354 g/mol. The first-order valence-electron chi connectivity index (χ1n) is 8.41. The largest absolute Gasteiger partial charge is 0.478 e. The molecule has 25 heavy (non-hydrogen) atoms. The Labute approximate surface area is 150 Å². The van der Waals surface area contributed by atoms with Crippen LogP contribution in [0.25, 0.3) is 6.08 Å². The van der Waals surface area contributed by atoms with Gasteiger partial charge in [-0.2, -0.15) is 0 Å². The van der Waals surface area contributed by atoms with Crippen LogP contribution >= 0.6 is 11.6 Å². The van der Waals surface area contributed by atoms with Crippen molar-refractivity contribution in [1.82, 2.24) is 4.90 Å². The van der Waals surface area contributed by atoms with E-state index >= 15 is 0 Å². The van der Waals surface area contributed by atoms with Crippen LogP contribution in [0, 0.1) is 0 Å². The van der Waals surface area contributed by atoms with Gasteiger partial charge < -0.3 is 9.47 Å². The van der Waals surface area contributed by atoms with E-state index in [4.69, 9.17) is 21.1 Å². The summed E-state index contributed by atoms with van der Waals surface area (Å²) in [6.45, 7) is 1.37. The zero-order valence-electron chi connectivity index (χ0n) is 13.5. The molecule has 0 saturated heterocycles. The van der Waals surface area contributed by atoms with Crippen LogP contribution in [0.2, 0.25) is 5.02 Å². The van der Waals surface area contributed by atoms with Gasteiger partial charge in [0, 0.05) is 17.6 Å². The zero-order valence-corrected chi connectivity index (χ0v) is 14.3. The first-order valence-corrected chi connectivity index (χ1v) is 8.79. The second-order valence-corrected chi connectivity index (χ2v) is 7.10. The third kappa shape index (κ3) is 2.62. The topological polar surface area (TPSA) is 38.8 Å². The Morgan fingerprint density at radius 1 is 1.20 bits per heavy atom. The highest BCUT2D eigenvalue weighted by Crippen LogP contribution is 2.43. The molecule has 2 aromatic carbocycles. The molecule has 0 amide bonds. The Bertz CT molecular complexity index is 917. The fourth-order valence-electron chi connectivity index (χ4n) is 3.40. The fraction of sp³-hybridized carbons (Fsp3) is 0.250. The van der Waals surface area contributed by atoms with Crippen molar-refractivity contribution in [1.29, 1.82) is 0 Å². The number of halogens is 1. The number of fused-ring (bicyclic) bond motifs is 3. The van der Waals surface area contributed by atoms with Crippen LogP contribution in [0.15, 0.2) is 42.2 Å². The number of rotatable bonds is 2. The second-order valence-electron chi connectivity index (χ2n) is 6.67. The Kier molecular flexibility index (Phi) is 3.37. The number of hydrogen-bond donors (Lipinski definition) is 0. The van der Waals surface area contributed by atoms with E-state index in [-0.39, 0.29) is 5.78 Å². The smallest absolute Gasteiger partial charge is 0.231 e. The summed E-state index contributed by atoms with van der Waals surface area (Å²) >= 11 is 6.03. The Morgan fingerprint density at radius 2 is 2.08 bits per heavy atom. The van der Waals surface area contributed by atoms with Crippen LogP contribution in [0.5, 0.6) is 11.5 Å². The Morgan fingerprint density at radius 3 is 2.88 bits per heavy atom. The summed E-state index contributed by atoms with van der Waals surface area (Å²) in [6.07, 6.45) is 4.17. The van der Waals surface area contributed by atoms with Crippen molar-refractivity contribution in [2.45, 2.75) is 25.4 Å². The first-order chi connectivity index (χ1) is 12.2. The van der Waals surface area contributed by atoms with Crippen molar-refractivity contribution in [2.75, 3.05) is 6.73 Å². The minimum absolute atomic E-state index is 0.0960. The highest BCUT2D eigenvalue weighted by Gasteiger charge is 2.37. The monoisotopic (exact) mass is 353 g/mol. The van der Waals surface area contributed by atoms with Gasteiger partial charge in [-0.15, -0.1) is 0 Å². The van der Waals surface area contributed by atoms with Crippen LogP contribution in [-0.2, 0) is 6.54 Å². The fourth-order valence-corrected chi connectivity index (χ4v) is 3.60. The predicted octanol–water partition coefficient (Wildman–Crippen LogP) is 4.27. The normalized spacial score (nSPS) is 20.8. The zero-order chi connectivity index (χ0) is 17.0. The van der Waals surface area contributed by atoms with Gasteiger partial charge in [-0.1, -0.05) is 23.7 Å². The second kappa shape index (κ2) is 5.61. The molecule has 5 heteroatoms. The number of benzene rings is 2. The summed E-state index contributed by atoms with van der Waals surface area (Å²) in [5, 5.41) is 0.628. The van der Waals surface area contributed by atoms with Gasteiger partial charge in [-0.05, 0) is 48.7 Å². The van der Waals surface area contributed by atoms with Crippen molar-refractivity contribution < 1.29 is 14.3 Å². The lowest BCUT2D eigenvalue weighted by Crippen LogP contribution is -2.33. The minimum atomic E-state index is -0.0960. The van der Waals surface area contributed by atoms with Gasteiger partial charge >= 0.3 is 0 Å². The van der Waals surface area contributed by atoms with Gasteiger partial charge in [0.05, 0.1) is 11.1 Å². The maximum atomic E-state index is 12.7. The molecule has 0 radical (unpaired) electrons. The van der Waals surface area contributed by atoms with E-state index in [9.17, 15) is 4.79 Å². The lowest BCUT2D eigenvalue weighted by Gasteiger charge is -2.29. The van der Waals surface area contributed by atoms with E-state index in [1.54, 1.807) is 18.2 Å². The van der Waals surface area contributed by atoms with Gasteiger partial charge in [-0.25, -0.2) is 0 Å². The molecule has 2 heterocycles. The molecule has 1 aliphatic carbocycles. The molecule has 0 unspecified atom stereocenters. The van der Waals surface area contributed by atoms with Crippen LogP contribution in [0.3, 0.4) is 0 Å². The quantitative estimate of drug-likeness (QED) is 0.756. The molecule has 2 aliphatic heterocycles. The molecule has 0 spiro atoms. The summed E-state index contributed by atoms with van der Waals surface area (Å²) in [6, 6.07) is 11.6. The third-order valence-electron chi connectivity index (χ3n) is 4.85. The number of hydrogen-bond acceptors (Lipinski definition) is 4. The summed E-state index contributed by atoms with van der Waals surface area (Å²) in [5.41, 5.74) is 2.42. The molecule has 4 nitrogen and oxygen atoms in total. The number of carbonyl (C=O) groups excluding carboxylic acids is 1. The number of nitrogens with zero attached hydrogens (tertiary/aromatic N) is 1. The standard InChI is InChI=1S/C20H16ClNO3/c21-13-3-1-2-12(8-13)9-18-19(23)15-6-7-17-16(20(15)25-18)10-22(11-24-17)14-4-5-14/h1-3,6-9,14H,4-5,10-11H2/b18-9-. The average Bonchev–Trinajstić information content (AvgIpc) is 3.41.